The van der Waals surface area contributed by atoms with E-state index in [2.05, 4.69) is 229 Å². The lowest BCUT2D eigenvalue weighted by Crippen LogP contribution is -2.37. The van der Waals surface area contributed by atoms with Gasteiger partial charge in [0.1, 0.15) is 23.2 Å². The summed E-state index contributed by atoms with van der Waals surface area (Å²) in [7, 11) is 1.50. The van der Waals surface area contributed by atoms with Gasteiger partial charge in [0.2, 0.25) is 0 Å². The van der Waals surface area contributed by atoms with Crippen LogP contribution in [0.2, 0.25) is 0 Å². The lowest BCUT2D eigenvalue weighted by Gasteiger charge is -2.46. The van der Waals surface area contributed by atoms with Crippen molar-refractivity contribution in [3.8, 4) is 11.1 Å². The van der Waals surface area contributed by atoms with E-state index in [1.807, 2.05) is 0 Å². The number of anilines is 3. The number of nitrogens with zero attached hydrogens (tertiary/aromatic N) is 2. The number of amidine groups is 1. The Kier molecular flexibility index (Phi) is 10.6. The number of hydrogen-bond donors (Lipinski definition) is 2. The van der Waals surface area contributed by atoms with Crippen LogP contribution >= 0.6 is 0 Å². The van der Waals surface area contributed by atoms with Crippen molar-refractivity contribution in [2.45, 2.75) is 37.1 Å². The summed E-state index contributed by atoms with van der Waals surface area (Å²) in [5.41, 5.74) is 33.1. The van der Waals surface area contributed by atoms with Crippen LogP contribution < -0.4 is 16.4 Å². The van der Waals surface area contributed by atoms with E-state index in [-0.39, 0.29) is 6.04 Å². The Hall–Kier alpha value is -8.25. The number of aryl methyl sites for hydroxylation is 1. The number of benzene rings is 8. The number of nitrogens with two attached hydrogens (primary N) is 2. The van der Waals surface area contributed by atoms with Crippen LogP contribution in [0.15, 0.2) is 238 Å². The van der Waals surface area contributed by atoms with Crippen molar-refractivity contribution < 1.29 is 4.42 Å². The van der Waals surface area contributed by atoms with Crippen LogP contribution in [0.3, 0.4) is 0 Å². The third-order valence-electron chi connectivity index (χ3n) is 14.6. The van der Waals surface area contributed by atoms with E-state index in [0.717, 1.165) is 59.4 Å². The molecule has 0 bridgehead atoms. The fourth-order valence-electron chi connectivity index (χ4n) is 11.7. The zero-order chi connectivity index (χ0) is 46.5. The van der Waals surface area contributed by atoms with Crippen molar-refractivity contribution in [1.29, 1.82) is 0 Å². The van der Waals surface area contributed by atoms with E-state index in [4.69, 9.17) is 15.1 Å². The summed E-state index contributed by atoms with van der Waals surface area (Å²) in [4.78, 5) is 8.01. The SMILES string of the molecule is CN.NC(=NC(c1ccccc1)c1ccc(-c2ccccc2)cc1)c1cccc2c1C1=C(CCC(C3=Cc4c(oc5ccccc45)CC3)=C1)C21c2ccccc2N(c2ccccc2)c2ccccc21. The summed E-state index contributed by atoms with van der Waals surface area (Å²) < 4.78 is 6.38. The van der Waals surface area contributed by atoms with Gasteiger partial charge in [-0.2, -0.15) is 0 Å². The van der Waals surface area contributed by atoms with E-state index in [1.165, 1.54) is 85.0 Å². The van der Waals surface area contributed by atoms with Crippen LogP contribution in [-0.4, -0.2) is 12.9 Å². The molecule has 0 amide bonds. The molecule has 0 saturated carbocycles. The molecule has 5 heteroatoms. The highest BCUT2D eigenvalue weighted by Crippen LogP contribution is 2.65. The van der Waals surface area contributed by atoms with Gasteiger partial charge in [0.15, 0.2) is 0 Å². The van der Waals surface area contributed by atoms with Crippen molar-refractivity contribution in [2.75, 3.05) is 11.9 Å². The van der Waals surface area contributed by atoms with E-state index in [9.17, 15) is 0 Å². The summed E-state index contributed by atoms with van der Waals surface area (Å²) >= 11 is 0. The molecule has 0 saturated heterocycles. The second kappa shape index (κ2) is 17.4. The van der Waals surface area contributed by atoms with Crippen molar-refractivity contribution in [2.24, 2.45) is 16.5 Å². The van der Waals surface area contributed by atoms with Gasteiger partial charge in [0.25, 0.3) is 0 Å². The fraction of sp³-hybridized carbons (Fsp3) is 0.109. The normalized spacial score (nSPS) is 15.7. The molecule has 1 unspecified atom stereocenters. The molecule has 13 rings (SSSR count). The van der Waals surface area contributed by atoms with E-state index >= 15 is 0 Å². The largest absolute Gasteiger partial charge is 0.460 e. The fourth-order valence-corrected chi connectivity index (χ4v) is 11.7. The summed E-state index contributed by atoms with van der Waals surface area (Å²) in [5.74, 6) is 1.61. The highest BCUT2D eigenvalue weighted by Gasteiger charge is 2.53. The van der Waals surface area contributed by atoms with Crippen LogP contribution in [0.4, 0.5) is 17.1 Å². The topological polar surface area (TPSA) is 80.8 Å². The van der Waals surface area contributed by atoms with Crippen molar-refractivity contribution >= 4 is 45.5 Å². The molecule has 4 aliphatic rings. The van der Waals surface area contributed by atoms with E-state index < -0.39 is 5.41 Å². The predicted octanol–water partition coefficient (Wildman–Crippen LogP) is 14.8. The highest BCUT2D eigenvalue weighted by atomic mass is 16.3. The summed E-state index contributed by atoms with van der Waals surface area (Å²) in [6.45, 7) is 0. The smallest absolute Gasteiger partial charge is 0.134 e. The van der Waals surface area contributed by atoms with Gasteiger partial charge in [-0.3, -0.25) is 4.99 Å². The molecule has 0 fully saturated rings. The first-order valence-electron chi connectivity index (χ1n) is 24.1. The molecule has 0 radical (unpaired) electrons. The van der Waals surface area contributed by atoms with Crippen LogP contribution in [-0.2, 0) is 11.8 Å². The molecule has 1 aliphatic heterocycles. The van der Waals surface area contributed by atoms with Crippen LogP contribution in [0.25, 0.3) is 33.7 Å². The molecule has 4 N–H and O–H groups in total. The maximum atomic E-state index is 7.54. The molecule has 5 nitrogen and oxygen atoms in total. The molecular weight excluding hydrogens is 841 g/mol. The molecule has 1 aromatic heterocycles. The Bertz CT molecular complexity index is 3480. The Morgan fingerprint density at radius 1 is 0.536 bits per heavy atom. The second-order valence-electron chi connectivity index (χ2n) is 18.2. The quantitative estimate of drug-likeness (QED) is 0.123. The van der Waals surface area contributed by atoms with Gasteiger partial charge < -0.3 is 20.8 Å². The molecule has 9 aromatic rings. The van der Waals surface area contributed by atoms with E-state index in [0.29, 0.717) is 5.84 Å². The van der Waals surface area contributed by atoms with Crippen LogP contribution in [0.1, 0.15) is 75.6 Å². The van der Waals surface area contributed by atoms with Crippen molar-refractivity contribution in [1.82, 2.24) is 0 Å². The third kappa shape index (κ3) is 6.83. The van der Waals surface area contributed by atoms with Gasteiger partial charge in [-0.15, -0.1) is 0 Å². The van der Waals surface area contributed by atoms with Crippen LogP contribution in [0, 0.1) is 0 Å². The van der Waals surface area contributed by atoms with Crippen molar-refractivity contribution in [3.05, 3.63) is 279 Å². The summed E-state index contributed by atoms with van der Waals surface area (Å²) in [5, 5.41) is 1.18. The molecule has 334 valence electrons. The second-order valence-corrected chi connectivity index (χ2v) is 18.2. The zero-order valence-electron chi connectivity index (χ0n) is 38.6. The zero-order valence-corrected chi connectivity index (χ0v) is 38.6. The van der Waals surface area contributed by atoms with Gasteiger partial charge in [-0.05, 0) is 130 Å². The average molecular weight is 893 g/mol. The lowest BCUT2D eigenvalue weighted by atomic mass is 9.62. The van der Waals surface area contributed by atoms with Gasteiger partial charge in [0.05, 0.1) is 16.8 Å². The molecule has 1 atom stereocenters. The molecule has 1 spiro atoms. The summed E-state index contributed by atoms with van der Waals surface area (Å²) in [6.07, 6.45) is 8.58. The predicted molar refractivity (Wildman–Crippen MR) is 285 cm³/mol. The Labute approximate surface area is 404 Å². The van der Waals surface area contributed by atoms with Gasteiger partial charge in [0, 0.05) is 28.6 Å². The first kappa shape index (κ1) is 42.1. The Morgan fingerprint density at radius 3 is 1.83 bits per heavy atom. The van der Waals surface area contributed by atoms with Gasteiger partial charge in [-0.25, -0.2) is 0 Å². The van der Waals surface area contributed by atoms with Gasteiger partial charge >= 0.3 is 0 Å². The minimum absolute atomic E-state index is 0.315. The number of rotatable bonds is 7. The monoisotopic (exact) mass is 892 g/mol. The minimum atomic E-state index is -0.567. The molecule has 69 heavy (non-hydrogen) atoms. The first-order chi connectivity index (χ1) is 34.1. The number of allylic oxidation sites excluding steroid dienone is 5. The van der Waals surface area contributed by atoms with Crippen LogP contribution in [0.5, 0.6) is 0 Å². The molecule has 3 aliphatic carbocycles. The number of fused-ring (bicyclic) bond motifs is 11. The number of para-hydroxylation sites is 4. The van der Waals surface area contributed by atoms with Gasteiger partial charge in [-0.1, -0.05) is 182 Å². The standard InChI is InChI=1S/C63H47N3O.CH5N/c64-62(65-61(43-19-6-2-7-20-43)44-33-31-42(32-34-44)41-17-4-1-5-18-41)49-24-16-27-55-60(49)51-40-45(46-36-38-59-50(39-46)48-23-10-15-30-58(48)67-59)35-37-52(51)63(55)53-25-11-13-28-56(53)66(47-21-8-3-9-22-47)57-29-14-12-26-54(57)63;1-2/h1-34,39-40,61H,35-38H2,(H2,64,65);2H2,1H3. The number of aliphatic imine (C=N–C) groups is 1. The maximum absolute atomic E-state index is 7.54. The molecular formula is C64H52N4O. The molecule has 8 aromatic carbocycles. The lowest BCUT2D eigenvalue weighted by molar-refractivity contribution is 0.543. The molecule has 2 heterocycles. The maximum Gasteiger partial charge on any atom is 0.134 e. The van der Waals surface area contributed by atoms with Crippen molar-refractivity contribution in [3.63, 3.8) is 0 Å². The first-order valence-corrected chi connectivity index (χ1v) is 24.1. The minimum Gasteiger partial charge on any atom is -0.460 e. The number of hydrogen-bond acceptors (Lipinski definition) is 4. The van der Waals surface area contributed by atoms with E-state index in [1.54, 1.807) is 0 Å². The average Bonchev–Trinajstić information content (AvgIpc) is 3.95. The summed E-state index contributed by atoms with van der Waals surface area (Å²) in [6, 6.07) is 73.7. The Morgan fingerprint density at radius 2 is 1.10 bits per heavy atom. The highest BCUT2D eigenvalue weighted by molar-refractivity contribution is 6.08. The third-order valence-corrected chi connectivity index (χ3v) is 14.6. The number of furan rings is 1. The Balaban J connectivity index is 0.00000243.